The maximum atomic E-state index is 12.7. The van der Waals surface area contributed by atoms with Crippen molar-refractivity contribution in [1.82, 2.24) is 10.1 Å². The molecule has 1 saturated heterocycles. The van der Waals surface area contributed by atoms with Crippen molar-refractivity contribution in [3.63, 3.8) is 0 Å². The molecule has 1 aliphatic heterocycles. The van der Waals surface area contributed by atoms with Gasteiger partial charge in [0.2, 0.25) is 17.6 Å². The molecule has 2 aromatic carbocycles. The molecule has 0 aliphatic carbocycles. The van der Waals surface area contributed by atoms with E-state index in [1.807, 2.05) is 30.3 Å². The number of hydrogen-bond donors (Lipinski definition) is 0. The van der Waals surface area contributed by atoms with Crippen LogP contribution in [-0.4, -0.2) is 43.4 Å². The highest BCUT2D eigenvalue weighted by molar-refractivity contribution is 5.97. The van der Waals surface area contributed by atoms with Crippen molar-refractivity contribution in [3.05, 3.63) is 48.4 Å². The maximum Gasteiger partial charge on any atom is 0.232 e. The number of ether oxygens (including phenoxy) is 3. The highest BCUT2D eigenvalue weighted by Crippen LogP contribution is 2.38. The summed E-state index contributed by atoms with van der Waals surface area (Å²) in [5.41, 5.74) is 1.53. The molecule has 1 unspecified atom stereocenters. The third-order valence-corrected chi connectivity index (χ3v) is 5.47. The number of nitrogens with zero attached hydrogens (tertiary/aromatic N) is 3. The fraction of sp³-hybridized carbons (Fsp3) is 0.375. The van der Waals surface area contributed by atoms with Crippen molar-refractivity contribution in [1.29, 1.82) is 0 Å². The van der Waals surface area contributed by atoms with E-state index in [2.05, 4.69) is 17.1 Å². The Morgan fingerprint density at radius 1 is 1.09 bits per heavy atom. The lowest BCUT2D eigenvalue weighted by Gasteiger charge is -2.19. The summed E-state index contributed by atoms with van der Waals surface area (Å²) in [6.07, 6.45) is 2.41. The summed E-state index contributed by atoms with van der Waals surface area (Å²) >= 11 is 0. The molecule has 3 aromatic rings. The van der Waals surface area contributed by atoms with Crippen LogP contribution in [-0.2, 0) is 4.79 Å². The van der Waals surface area contributed by atoms with Crippen molar-refractivity contribution in [2.75, 3.05) is 32.3 Å². The molecule has 32 heavy (non-hydrogen) atoms. The second kappa shape index (κ2) is 9.72. The Labute approximate surface area is 187 Å². The molecule has 1 atom stereocenters. The Morgan fingerprint density at radius 2 is 1.88 bits per heavy atom. The smallest absolute Gasteiger partial charge is 0.232 e. The first-order valence-corrected chi connectivity index (χ1v) is 10.7. The summed E-state index contributed by atoms with van der Waals surface area (Å²) < 4.78 is 21.9. The molecule has 0 N–H and O–H groups in total. The molecule has 168 valence electrons. The number of methoxy groups -OCH3 is 2. The van der Waals surface area contributed by atoms with Gasteiger partial charge in [-0.15, -0.1) is 0 Å². The molecule has 0 saturated carbocycles. The van der Waals surface area contributed by atoms with Gasteiger partial charge >= 0.3 is 0 Å². The van der Waals surface area contributed by atoms with Crippen LogP contribution < -0.4 is 19.1 Å². The Balaban J connectivity index is 1.47. The largest absolute Gasteiger partial charge is 0.497 e. The van der Waals surface area contributed by atoms with E-state index in [9.17, 15) is 4.79 Å². The maximum absolute atomic E-state index is 12.7. The molecule has 8 nitrogen and oxygen atoms in total. The molecule has 1 aliphatic rings. The number of unbranched alkanes of at least 4 members (excludes halogenated alkanes) is 1. The van der Waals surface area contributed by atoms with Gasteiger partial charge in [0, 0.05) is 24.6 Å². The van der Waals surface area contributed by atoms with Gasteiger partial charge in [0.1, 0.15) is 17.2 Å². The molecule has 1 amide bonds. The van der Waals surface area contributed by atoms with Crippen LogP contribution in [0, 0.1) is 0 Å². The van der Waals surface area contributed by atoms with Crippen LogP contribution in [0.3, 0.4) is 0 Å². The fourth-order valence-corrected chi connectivity index (χ4v) is 3.67. The Kier molecular flexibility index (Phi) is 6.58. The van der Waals surface area contributed by atoms with Crippen LogP contribution in [0.25, 0.3) is 11.4 Å². The van der Waals surface area contributed by atoms with Crippen molar-refractivity contribution >= 4 is 11.6 Å². The lowest BCUT2D eigenvalue weighted by Crippen LogP contribution is -2.24. The molecule has 0 radical (unpaired) electrons. The molecular formula is C24H27N3O5. The van der Waals surface area contributed by atoms with Crippen LogP contribution >= 0.6 is 0 Å². The van der Waals surface area contributed by atoms with E-state index < -0.39 is 0 Å². The first kappa shape index (κ1) is 21.7. The standard InChI is InChI=1S/C24H27N3O5/c1-4-5-12-31-18-8-6-16(7-9-18)23-25-24(32-26-23)17-13-22(28)27(15-17)20-11-10-19(29-2)14-21(20)30-3/h6-11,14,17H,4-5,12-13,15H2,1-3H3. The van der Waals surface area contributed by atoms with Crippen molar-refractivity contribution in [2.45, 2.75) is 32.1 Å². The van der Waals surface area contributed by atoms with Gasteiger partial charge in [-0.1, -0.05) is 18.5 Å². The van der Waals surface area contributed by atoms with E-state index in [4.69, 9.17) is 18.7 Å². The SMILES string of the molecule is CCCCOc1ccc(-c2noc(C3CC(=O)N(c4ccc(OC)cc4OC)C3)n2)cc1. The van der Waals surface area contributed by atoms with E-state index in [-0.39, 0.29) is 11.8 Å². The van der Waals surface area contributed by atoms with E-state index in [0.717, 1.165) is 24.2 Å². The predicted octanol–water partition coefficient (Wildman–Crippen LogP) is 4.45. The number of carbonyl (C=O) groups excluding carboxylic acids is 1. The lowest BCUT2D eigenvalue weighted by atomic mass is 10.1. The second-order valence-corrected chi connectivity index (χ2v) is 7.63. The monoisotopic (exact) mass is 437 g/mol. The van der Waals surface area contributed by atoms with E-state index in [1.54, 1.807) is 31.3 Å². The molecule has 1 aromatic heterocycles. The van der Waals surface area contributed by atoms with Gasteiger partial charge in [-0.3, -0.25) is 4.79 Å². The Morgan fingerprint density at radius 3 is 2.59 bits per heavy atom. The lowest BCUT2D eigenvalue weighted by molar-refractivity contribution is -0.117. The van der Waals surface area contributed by atoms with E-state index in [0.29, 0.717) is 48.5 Å². The Hall–Kier alpha value is -3.55. The van der Waals surface area contributed by atoms with Crippen molar-refractivity contribution in [3.8, 4) is 28.6 Å². The number of hydrogen-bond acceptors (Lipinski definition) is 7. The van der Waals surface area contributed by atoms with Gasteiger partial charge in [0.25, 0.3) is 0 Å². The van der Waals surface area contributed by atoms with Gasteiger partial charge < -0.3 is 23.6 Å². The Bertz CT molecular complexity index is 1060. The summed E-state index contributed by atoms with van der Waals surface area (Å²) in [6, 6.07) is 13.0. The molecule has 0 bridgehead atoms. The van der Waals surface area contributed by atoms with Gasteiger partial charge in [-0.25, -0.2) is 0 Å². The van der Waals surface area contributed by atoms with Crippen LogP contribution in [0.5, 0.6) is 17.2 Å². The first-order chi connectivity index (χ1) is 15.6. The minimum Gasteiger partial charge on any atom is -0.497 e. The quantitative estimate of drug-likeness (QED) is 0.457. The van der Waals surface area contributed by atoms with Gasteiger partial charge in [0.05, 0.1) is 32.4 Å². The third kappa shape index (κ3) is 4.54. The average molecular weight is 437 g/mol. The van der Waals surface area contributed by atoms with Crippen LogP contribution in [0.15, 0.2) is 47.0 Å². The molecular weight excluding hydrogens is 410 g/mol. The number of aromatic nitrogens is 2. The van der Waals surface area contributed by atoms with Gasteiger partial charge in [-0.05, 0) is 42.8 Å². The zero-order chi connectivity index (χ0) is 22.5. The number of anilines is 1. The summed E-state index contributed by atoms with van der Waals surface area (Å²) in [6.45, 7) is 3.27. The van der Waals surface area contributed by atoms with Crippen LogP contribution in [0.2, 0.25) is 0 Å². The number of amides is 1. The summed E-state index contributed by atoms with van der Waals surface area (Å²) in [5.74, 6) is 2.79. The number of rotatable bonds is 9. The molecule has 2 heterocycles. The highest BCUT2D eigenvalue weighted by atomic mass is 16.5. The number of benzene rings is 2. The third-order valence-electron chi connectivity index (χ3n) is 5.47. The van der Waals surface area contributed by atoms with Crippen LogP contribution in [0.4, 0.5) is 5.69 Å². The van der Waals surface area contributed by atoms with Crippen molar-refractivity contribution in [2.24, 2.45) is 0 Å². The van der Waals surface area contributed by atoms with Gasteiger partial charge in [-0.2, -0.15) is 4.98 Å². The molecule has 8 heteroatoms. The zero-order valence-electron chi connectivity index (χ0n) is 18.5. The molecule has 0 spiro atoms. The topological polar surface area (TPSA) is 86.9 Å². The highest BCUT2D eigenvalue weighted by Gasteiger charge is 2.36. The minimum absolute atomic E-state index is 0.0215. The molecule has 1 fully saturated rings. The van der Waals surface area contributed by atoms with E-state index >= 15 is 0 Å². The predicted molar refractivity (Wildman–Crippen MR) is 119 cm³/mol. The summed E-state index contributed by atoms with van der Waals surface area (Å²) in [4.78, 5) is 19.0. The fourth-order valence-electron chi connectivity index (χ4n) is 3.67. The second-order valence-electron chi connectivity index (χ2n) is 7.63. The van der Waals surface area contributed by atoms with Gasteiger partial charge in [0.15, 0.2) is 0 Å². The summed E-state index contributed by atoms with van der Waals surface area (Å²) in [5, 5.41) is 4.12. The van der Waals surface area contributed by atoms with Crippen molar-refractivity contribution < 1.29 is 23.5 Å². The number of carbonyl (C=O) groups is 1. The van der Waals surface area contributed by atoms with E-state index in [1.165, 1.54) is 0 Å². The first-order valence-electron chi connectivity index (χ1n) is 10.7. The average Bonchev–Trinajstić information content (AvgIpc) is 3.46. The minimum atomic E-state index is -0.188. The molecule has 4 rings (SSSR count). The summed E-state index contributed by atoms with van der Waals surface area (Å²) in [7, 11) is 3.16. The van der Waals surface area contributed by atoms with Crippen LogP contribution in [0.1, 0.15) is 38.0 Å². The zero-order valence-corrected chi connectivity index (χ0v) is 18.5. The normalized spacial score (nSPS) is 15.8.